The third-order valence-electron chi connectivity index (χ3n) is 1.49. The van der Waals surface area contributed by atoms with Gasteiger partial charge in [-0.2, -0.15) is 0 Å². The van der Waals surface area contributed by atoms with Crippen LogP contribution in [0.15, 0.2) is 0 Å². The fourth-order valence-electron chi connectivity index (χ4n) is 0.879. The van der Waals surface area contributed by atoms with Crippen LogP contribution < -0.4 is 0 Å². The molecule has 0 aliphatic heterocycles. The van der Waals surface area contributed by atoms with Crippen molar-refractivity contribution in [3.63, 3.8) is 0 Å². The molecule has 4 heteroatoms. The number of hydrogen-bond donors (Lipinski definition) is 1. The summed E-state index contributed by atoms with van der Waals surface area (Å²) >= 11 is 0. The number of carboxylic acid groups (broad SMARTS) is 1. The summed E-state index contributed by atoms with van der Waals surface area (Å²) in [7, 11) is -0.0260. The van der Waals surface area contributed by atoms with Gasteiger partial charge in [-0.05, 0) is 0 Å². The molecule has 0 spiro atoms. The van der Waals surface area contributed by atoms with E-state index in [0.29, 0.717) is 0 Å². The van der Waals surface area contributed by atoms with E-state index < -0.39 is 5.97 Å². The molecule has 3 nitrogen and oxygen atoms in total. The van der Waals surface area contributed by atoms with Gasteiger partial charge in [-0.1, -0.05) is 0 Å². The zero-order valence-electron chi connectivity index (χ0n) is 6.95. The SMILES string of the molecule is O=P#CCCCCCCC(=O)O. The van der Waals surface area contributed by atoms with Crippen molar-refractivity contribution >= 4 is 13.9 Å². The fraction of sp³-hybridized carbons (Fsp3) is 0.750. The third-order valence-corrected chi connectivity index (χ3v) is 1.85. The number of carboxylic acids is 1. The van der Waals surface area contributed by atoms with Gasteiger partial charge < -0.3 is 0 Å². The van der Waals surface area contributed by atoms with E-state index in [1.165, 1.54) is 0 Å². The van der Waals surface area contributed by atoms with Crippen molar-refractivity contribution in [1.29, 1.82) is 0 Å². The molecule has 0 radical (unpaired) electrons. The minimum atomic E-state index is -0.730. The van der Waals surface area contributed by atoms with Crippen molar-refractivity contribution in [1.82, 2.24) is 0 Å². The molecule has 0 atom stereocenters. The zero-order chi connectivity index (χ0) is 9.23. The maximum absolute atomic E-state index is 10.1. The third kappa shape index (κ3) is 9.48. The predicted molar refractivity (Wildman–Crippen MR) is 46.8 cm³/mol. The summed E-state index contributed by atoms with van der Waals surface area (Å²) in [5, 5.41) is 8.30. The standard InChI is InChI=1S/C8H13O3P/c9-8(10)6-4-2-1-3-5-7-12-11/h1-6H2,(H,9,10). The molecule has 0 aromatic heterocycles. The average Bonchev–Trinajstić information content (AvgIpc) is 2.02. The van der Waals surface area contributed by atoms with E-state index >= 15 is 0 Å². The summed E-state index contributed by atoms with van der Waals surface area (Å²) in [6.45, 7) is 0. The van der Waals surface area contributed by atoms with Crippen LogP contribution in [0.2, 0.25) is 0 Å². The average molecular weight is 188 g/mol. The van der Waals surface area contributed by atoms with Crippen LogP contribution in [0.4, 0.5) is 0 Å². The number of rotatable bonds is 6. The molecule has 0 aliphatic carbocycles. The summed E-state index contributed by atoms with van der Waals surface area (Å²) in [6.07, 6.45) is 4.62. The normalized spacial score (nSPS) is 9.00. The second-order valence-corrected chi connectivity index (χ2v) is 3.06. The molecule has 0 amide bonds. The van der Waals surface area contributed by atoms with Crippen molar-refractivity contribution in [2.45, 2.75) is 38.5 Å². The van der Waals surface area contributed by atoms with Gasteiger partial charge in [-0.15, -0.1) is 0 Å². The second-order valence-electron chi connectivity index (χ2n) is 2.56. The summed E-state index contributed by atoms with van der Waals surface area (Å²) in [6, 6.07) is 0. The predicted octanol–water partition coefficient (Wildman–Crippen LogP) is 2.66. The Morgan fingerprint density at radius 1 is 1.25 bits per heavy atom. The van der Waals surface area contributed by atoms with Gasteiger partial charge in [0.25, 0.3) is 0 Å². The second kappa shape index (κ2) is 8.58. The van der Waals surface area contributed by atoms with E-state index in [-0.39, 0.29) is 14.3 Å². The Balaban J connectivity index is 3.04. The Bertz CT molecular complexity index is 217. The number of unbranched alkanes of at least 4 members (excludes halogenated alkanes) is 4. The number of carbonyl (C=O) groups is 1. The van der Waals surface area contributed by atoms with Crippen LogP contribution in [0, 0.1) is 5.63 Å². The fourth-order valence-corrected chi connectivity index (χ4v) is 1.13. The number of hydrogen-bond acceptors (Lipinski definition) is 2. The van der Waals surface area contributed by atoms with Gasteiger partial charge in [0, 0.05) is 0 Å². The topological polar surface area (TPSA) is 54.4 Å². The van der Waals surface area contributed by atoms with E-state index in [2.05, 4.69) is 5.63 Å². The quantitative estimate of drug-likeness (QED) is 0.515. The molecule has 0 unspecified atom stereocenters. The van der Waals surface area contributed by atoms with Gasteiger partial charge in [0.1, 0.15) is 0 Å². The van der Waals surface area contributed by atoms with Crippen molar-refractivity contribution in [2.75, 3.05) is 0 Å². The first-order chi connectivity index (χ1) is 5.77. The van der Waals surface area contributed by atoms with Crippen molar-refractivity contribution in [2.24, 2.45) is 0 Å². The molecule has 12 heavy (non-hydrogen) atoms. The molecule has 0 aromatic rings. The molecule has 0 saturated heterocycles. The summed E-state index contributed by atoms with van der Waals surface area (Å²) in [5.41, 5.74) is 2.65. The van der Waals surface area contributed by atoms with Crippen molar-refractivity contribution in [3.8, 4) is 5.63 Å². The molecule has 0 aromatic carbocycles. The molecular formula is C8H13O3P. The van der Waals surface area contributed by atoms with Crippen LogP contribution >= 0.6 is 7.92 Å². The van der Waals surface area contributed by atoms with E-state index in [4.69, 9.17) is 5.11 Å². The molecule has 0 aliphatic rings. The summed E-state index contributed by atoms with van der Waals surface area (Å²) < 4.78 is 9.89. The van der Waals surface area contributed by atoms with Crippen molar-refractivity contribution < 1.29 is 14.5 Å². The summed E-state index contributed by atoms with van der Waals surface area (Å²) in [5.74, 6) is -0.730. The summed E-state index contributed by atoms with van der Waals surface area (Å²) in [4.78, 5) is 10.1. The first kappa shape index (κ1) is 11.5. The van der Waals surface area contributed by atoms with Gasteiger partial charge in [0.05, 0.1) is 0 Å². The molecular weight excluding hydrogens is 175 g/mol. The van der Waals surface area contributed by atoms with Crippen LogP contribution in [0.3, 0.4) is 0 Å². The van der Waals surface area contributed by atoms with Crippen LogP contribution in [-0.2, 0) is 9.36 Å². The van der Waals surface area contributed by atoms with Crippen LogP contribution in [0.1, 0.15) is 38.5 Å². The molecule has 0 fully saturated rings. The van der Waals surface area contributed by atoms with Crippen molar-refractivity contribution in [3.05, 3.63) is 0 Å². The number of aliphatic carboxylic acids is 1. The van der Waals surface area contributed by atoms with Gasteiger partial charge >= 0.3 is 72.5 Å². The minimum absolute atomic E-state index is 0.0260. The van der Waals surface area contributed by atoms with Gasteiger partial charge in [-0.3, -0.25) is 0 Å². The Hall–Kier alpha value is -0.520. The van der Waals surface area contributed by atoms with E-state index in [9.17, 15) is 9.36 Å². The maximum atomic E-state index is 10.1. The van der Waals surface area contributed by atoms with E-state index in [1.807, 2.05) is 0 Å². The Morgan fingerprint density at radius 2 is 1.92 bits per heavy atom. The Morgan fingerprint density at radius 3 is 2.50 bits per heavy atom. The first-order valence-corrected chi connectivity index (χ1v) is 4.85. The monoisotopic (exact) mass is 188 g/mol. The van der Waals surface area contributed by atoms with Gasteiger partial charge in [-0.25, -0.2) is 0 Å². The molecule has 1 N–H and O–H groups in total. The Kier molecular flexibility index (Phi) is 8.20. The van der Waals surface area contributed by atoms with Gasteiger partial charge in [0.15, 0.2) is 0 Å². The molecule has 0 saturated carbocycles. The van der Waals surface area contributed by atoms with Crippen LogP contribution in [0.5, 0.6) is 0 Å². The molecule has 68 valence electrons. The zero-order valence-corrected chi connectivity index (χ0v) is 7.85. The van der Waals surface area contributed by atoms with Crippen LogP contribution in [-0.4, -0.2) is 11.1 Å². The van der Waals surface area contributed by atoms with E-state index in [1.54, 1.807) is 0 Å². The van der Waals surface area contributed by atoms with E-state index in [0.717, 1.165) is 32.1 Å². The first-order valence-electron chi connectivity index (χ1n) is 4.04. The Labute approximate surface area is 73.3 Å². The van der Waals surface area contributed by atoms with Crippen LogP contribution in [0.25, 0.3) is 0 Å². The molecule has 0 rings (SSSR count). The van der Waals surface area contributed by atoms with Gasteiger partial charge in [0.2, 0.25) is 0 Å². The molecule has 0 bridgehead atoms. The molecule has 0 heterocycles.